The van der Waals surface area contributed by atoms with Gasteiger partial charge in [0.2, 0.25) is 0 Å². The van der Waals surface area contributed by atoms with E-state index in [0.717, 1.165) is 24.9 Å². The number of amides is 1. The second kappa shape index (κ2) is 6.99. The van der Waals surface area contributed by atoms with Crippen molar-refractivity contribution in [1.82, 2.24) is 5.32 Å². The molecule has 19 heavy (non-hydrogen) atoms. The highest BCUT2D eigenvalue weighted by atomic mass is 16.5. The van der Waals surface area contributed by atoms with E-state index in [4.69, 9.17) is 9.84 Å². The molecule has 1 atom stereocenters. The van der Waals surface area contributed by atoms with Crippen LogP contribution in [0.1, 0.15) is 19.3 Å². The molecule has 5 nitrogen and oxygen atoms in total. The van der Waals surface area contributed by atoms with Crippen molar-refractivity contribution in [3.63, 3.8) is 0 Å². The van der Waals surface area contributed by atoms with Gasteiger partial charge in [0.05, 0.1) is 12.2 Å². The van der Waals surface area contributed by atoms with Gasteiger partial charge in [-0.2, -0.15) is 0 Å². The van der Waals surface area contributed by atoms with Gasteiger partial charge in [-0.1, -0.05) is 12.1 Å². The number of rotatable bonds is 6. The maximum atomic E-state index is 11.9. The zero-order chi connectivity index (χ0) is 13.5. The average molecular weight is 264 g/mol. The van der Waals surface area contributed by atoms with E-state index in [1.165, 1.54) is 0 Å². The number of carbonyl (C=O) groups excluding carboxylic acids is 1. The number of hydrogen-bond donors (Lipinski definition) is 3. The highest BCUT2D eigenvalue weighted by Crippen LogP contribution is 2.28. The van der Waals surface area contributed by atoms with Crippen molar-refractivity contribution in [3.05, 3.63) is 24.3 Å². The largest absolute Gasteiger partial charge is 0.477 e. The summed E-state index contributed by atoms with van der Waals surface area (Å²) in [5.74, 6) is 0.625. The van der Waals surface area contributed by atoms with E-state index < -0.39 is 6.10 Å². The minimum Gasteiger partial charge on any atom is -0.477 e. The number of anilines is 1. The number of ether oxygens (including phenoxy) is 1. The highest BCUT2D eigenvalue weighted by molar-refractivity contribution is 5.83. The van der Waals surface area contributed by atoms with Crippen LogP contribution in [0.5, 0.6) is 5.75 Å². The van der Waals surface area contributed by atoms with Crippen molar-refractivity contribution in [2.45, 2.75) is 25.4 Å². The second-order valence-corrected chi connectivity index (χ2v) is 4.56. The molecule has 1 heterocycles. The molecular weight excluding hydrogens is 244 g/mol. The van der Waals surface area contributed by atoms with E-state index in [9.17, 15) is 4.79 Å². The second-order valence-electron chi connectivity index (χ2n) is 4.56. The molecule has 1 aromatic carbocycles. The van der Waals surface area contributed by atoms with Gasteiger partial charge in [-0.05, 0) is 31.4 Å². The Hall–Kier alpha value is -1.75. The third-order valence-electron chi connectivity index (χ3n) is 3.06. The predicted molar refractivity (Wildman–Crippen MR) is 73.3 cm³/mol. The normalized spacial score (nSPS) is 17.0. The summed E-state index contributed by atoms with van der Waals surface area (Å²) < 4.78 is 5.66. The Morgan fingerprint density at radius 1 is 1.37 bits per heavy atom. The van der Waals surface area contributed by atoms with Gasteiger partial charge in [-0.3, -0.25) is 4.79 Å². The lowest BCUT2D eigenvalue weighted by Gasteiger charge is -2.26. The van der Waals surface area contributed by atoms with Crippen LogP contribution in [0.3, 0.4) is 0 Å². The number of aliphatic hydroxyl groups is 1. The van der Waals surface area contributed by atoms with Crippen LogP contribution < -0.4 is 15.4 Å². The molecule has 0 spiro atoms. The molecule has 0 radical (unpaired) electrons. The molecule has 3 N–H and O–H groups in total. The number of para-hydroxylation sites is 2. The zero-order valence-electron chi connectivity index (χ0n) is 10.9. The molecule has 1 aromatic rings. The number of benzene rings is 1. The third kappa shape index (κ3) is 3.86. The molecule has 0 bridgehead atoms. The van der Waals surface area contributed by atoms with Gasteiger partial charge in [0.25, 0.3) is 5.91 Å². The lowest BCUT2D eigenvalue weighted by molar-refractivity contribution is -0.127. The highest BCUT2D eigenvalue weighted by Gasteiger charge is 2.24. The van der Waals surface area contributed by atoms with E-state index in [2.05, 4.69) is 10.6 Å². The Balaban J connectivity index is 1.76. The predicted octanol–water partition coefficient (Wildman–Crippen LogP) is 1.14. The number of hydrogen-bond acceptors (Lipinski definition) is 4. The van der Waals surface area contributed by atoms with E-state index in [0.29, 0.717) is 18.8 Å². The Morgan fingerprint density at radius 3 is 3.05 bits per heavy atom. The van der Waals surface area contributed by atoms with Crippen LogP contribution in [0, 0.1) is 0 Å². The molecule has 5 heteroatoms. The summed E-state index contributed by atoms with van der Waals surface area (Å²) in [7, 11) is 0. The van der Waals surface area contributed by atoms with Gasteiger partial charge < -0.3 is 20.5 Å². The molecule has 0 aliphatic carbocycles. The summed E-state index contributed by atoms with van der Waals surface area (Å²) in [5, 5.41) is 14.7. The van der Waals surface area contributed by atoms with Crippen molar-refractivity contribution in [2.24, 2.45) is 0 Å². The van der Waals surface area contributed by atoms with E-state index >= 15 is 0 Å². The van der Waals surface area contributed by atoms with Crippen molar-refractivity contribution in [1.29, 1.82) is 0 Å². The van der Waals surface area contributed by atoms with E-state index in [1.807, 2.05) is 24.3 Å². The summed E-state index contributed by atoms with van der Waals surface area (Å²) in [4.78, 5) is 11.9. The van der Waals surface area contributed by atoms with Gasteiger partial charge in [0.15, 0.2) is 6.10 Å². The van der Waals surface area contributed by atoms with E-state index in [-0.39, 0.29) is 12.5 Å². The Kier molecular flexibility index (Phi) is 5.03. The summed E-state index contributed by atoms with van der Waals surface area (Å²) in [5.41, 5.74) is 0.925. The van der Waals surface area contributed by atoms with Crippen LogP contribution in [-0.4, -0.2) is 36.8 Å². The van der Waals surface area contributed by atoms with Gasteiger partial charge in [0, 0.05) is 13.2 Å². The topological polar surface area (TPSA) is 70.6 Å². The molecule has 1 aliphatic heterocycles. The fourth-order valence-corrected chi connectivity index (χ4v) is 2.00. The molecule has 2 rings (SSSR count). The first kappa shape index (κ1) is 13.7. The molecule has 0 saturated heterocycles. The lowest BCUT2D eigenvalue weighted by Crippen LogP contribution is -2.44. The molecule has 0 fully saturated rings. The average Bonchev–Trinajstić information content (AvgIpc) is 2.46. The number of unbranched alkanes of at least 4 members (excludes halogenated alkanes) is 2. The first-order valence-corrected chi connectivity index (χ1v) is 6.69. The SMILES string of the molecule is O=C(NCCCCCO)C1CNc2ccccc2O1. The quantitative estimate of drug-likeness (QED) is 0.674. The molecule has 0 saturated carbocycles. The zero-order valence-corrected chi connectivity index (χ0v) is 10.9. The van der Waals surface area contributed by atoms with Crippen LogP contribution in [-0.2, 0) is 4.79 Å². The van der Waals surface area contributed by atoms with Crippen LogP contribution in [0.15, 0.2) is 24.3 Å². The van der Waals surface area contributed by atoms with Crippen LogP contribution in [0.25, 0.3) is 0 Å². The Labute approximate surface area is 113 Å². The van der Waals surface area contributed by atoms with Crippen molar-refractivity contribution < 1.29 is 14.6 Å². The van der Waals surface area contributed by atoms with Crippen LogP contribution >= 0.6 is 0 Å². The molecule has 104 valence electrons. The number of aliphatic hydroxyl groups excluding tert-OH is 1. The third-order valence-corrected chi connectivity index (χ3v) is 3.06. The molecule has 1 unspecified atom stereocenters. The van der Waals surface area contributed by atoms with Crippen molar-refractivity contribution in [2.75, 3.05) is 25.0 Å². The number of fused-ring (bicyclic) bond motifs is 1. The van der Waals surface area contributed by atoms with Crippen molar-refractivity contribution in [3.8, 4) is 5.75 Å². The minimum absolute atomic E-state index is 0.0917. The fraction of sp³-hybridized carbons (Fsp3) is 0.500. The molecular formula is C14H20N2O3. The molecule has 0 aromatic heterocycles. The smallest absolute Gasteiger partial charge is 0.262 e. The summed E-state index contributed by atoms with van der Waals surface area (Å²) in [6.07, 6.45) is 2.10. The van der Waals surface area contributed by atoms with E-state index in [1.54, 1.807) is 0 Å². The van der Waals surface area contributed by atoms with Crippen LogP contribution in [0.2, 0.25) is 0 Å². The number of carbonyl (C=O) groups is 1. The van der Waals surface area contributed by atoms with Crippen LogP contribution in [0.4, 0.5) is 5.69 Å². The van der Waals surface area contributed by atoms with Gasteiger partial charge >= 0.3 is 0 Å². The Morgan fingerprint density at radius 2 is 2.21 bits per heavy atom. The maximum Gasteiger partial charge on any atom is 0.262 e. The minimum atomic E-state index is -0.479. The Bertz CT molecular complexity index is 423. The standard InChI is InChI=1S/C14H20N2O3/c17-9-5-1-4-8-15-14(18)13-10-16-11-6-2-3-7-12(11)19-13/h2-3,6-7,13,16-17H,1,4-5,8-10H2,(H,15,18). The van der Waals surface area contributed by atoms with Gasteiger partial charge in [0.1, 0.15) is 5.75 Å². The summed E-state index contributed by atoms with van der Waals surface area (Å²) in [6.45, 7) is 1.32. The molecule has 1 amide bonds. The molecule has 1 aliphatic rings. The van der Waals surface area contributed by atoms with Gasteiger partial charge in [-0.25, -0.2) is 0 Å². The fourth-order valence-electron chi connectivity index (χ4n) is 2.00. The maximum absolute atomic E-state index is 11.9. The number of nitrogens with one attached hydrogen (secondary N) is 2. The monoisotopic (exact) mass is 264 g/mol. The summed E-state index contributed by atoms with van der Waals surface area (Å²) in [6, 6.07) is 7.59. The first-order valence-electron chi connectivity index (χ1n) is 6.69. The summed E-state index contributed by atoms with van der Waals surface area (Å²) >= 11 is 0. The first-order chi connectivity index (χ1) is 9.31. The van der Waals surface area contributed by atoms with Gasteiger partial charge in [-0.15, -0.1) is 0 Å². The van der Waals surface area contributed by atoms with Crippen molar-refractivity contribution >= 4 is 11.6 Å². The lowest BCUT2D eigenvalue weighted by atomic mass is 10.2.